The van der Waals surface area contributed by atoms with Crippen LogP contribution in [0.5, 0.6) is 0 Å². The van der Waals surface area contributed by atoms with Gasteiger partial charge in [0, 0.05) is 12.2 Å². The lowest BCUT2D eigenvalue weighted by molar-refractivity contribution is 0.276. The summed E-state index contributed by atoms with van der Waals surface area (Å²) < 4.78 is 6.35. The smallest absolute Gasteiger partial charge is 0.192 e. The predicted molar refractivity (Wildman–Crippen MR) is 121 cm³/mol. The molecule has 0 heterocycles. The van der Waals surface area contributed by atoms with Crippen molar-refractivity contribution >= 4 is 14.0 Å². The maximum Gasteiger partial charge on any atom is 0.192 e. The van der Waals surface area contributed by atoms with Gasteiger partial charge in [0.15, 0.2) is 8.32 Å². The van der Waals surface area contributed by atoms with Crippen LogP contribution in [-0.2, 0) is 23.0 Å². The predicted octanol–water partition coefficient (Wildman–Crippen LogP) is 7.12. The second kappa shape index (κ2) is 8.20. The van der Waals surface area contributed by atoms with Gasteiger partial charge in [0.2, 0.25) is 0 Å². The molecule has 0 atom stereocenters. The number of rotatable bonds is 6. The van der Waals surface area contributed by atoms with E-state index in [2.05, 4.69) is 108 Å². The minimum Gasteiger partial charge on any atom is -0.413 e. The summed E-state index contributed by atoms with van der Waals surface area (Å²) in [6, 6.07) is 17.5. The van der Waals surface area contributed by atoms with Crippen molar-refractivity contribution in [1.29, 1.82) is 0 Å². The van der Waals surface area contributed by atoms with Crippen molar-refractivity contribution in [2.24, 2.45) is 0 Å². The molecule has 0 amide bonds. The van der Waals surface area contributed by atoms with Crippen LogP contribution < -0.4 is 5.32 Å². The van der Waals surface area contributed by atoms with Gasteiger partial charge in [-0.15, -0.1) is 0 Å². The first kappa shape index (κ1) is 21.7. The molecule has 0 saturated heterocycles. The number of hydrogen-bond acceptors (Lipinski definition) is 2. The van der Waals surface area contributed by atoms with Crippen LogP contribution in [0.1, 0.15) is 58.2 Å². The van der Waals surface area contributed by atoms with Gasteiger partial charge in [-0.2, -0.15) is 0 Å². The number of benzene rings is 2. The van der Waals surface area contributed by atoms with Gasteiger partial charge in [-0.1, -0.05) is 77.9 Å². The molecule has 0 aliphatic carbocycles. The summed E-state index contributed by atoms with van der Waals surface area (Å²) in [5, 5.41) is 3.78. The molecule has 2 aromatic rings. The fourth-order valence-electron chi connectivity index (χ4n) is 2.58. The van der Waals surface area contributed by atoms with Gasteiger partial charge < -0.3 is 9.74 Å². The number of anilines is 1. The average molecular weight is 384 g/mol. The van der Waals surface area contributed by atoms with Crippen LogP contribution in [0, 0.1) is 0 Å². The molecule has 2 nitrogen and oxygen atoms in total. The molecule has 27 heavy (non-hydrogen) atoms. The molecule has 0 unspecified atom stereocenters. The minimum atomic E-state index is -1.72. The van der Waals surface area contributed by atoms with E-state index in [0.717, 1.165) is 12.2 Å². The van der Waals surface area contributed by atoms with Crippen LogP contribution in [0.3, 0.4) is 0 Å². The van der Waals surface area contributed by atoms with E-state index in [4.69, 9.17) is 4.43 Å². The quantitative estimate of drug-likeness (QED) is 0.536. The molecule has 0 aromatic heterocycles. The second-order valence-electron chi connectivity index (χ2n) is 10.0. The van der Waals surface area contributed by atoms with E-state index < -0.39 is 8.32 Å². The molecule has 0 fully saturated rings. The summed E-state index contributed by atoms with van der Waals surface area (Å²) in [4.78, 5) is 0. The summed E-state index contributed by atoms with van der Waals surface area (Å²) in [5.41, 5.74) is 5.24. The summed E-state index contributed by atoms with van der Waals surface area (Å²) >= 11 is 0. The van der Waals surface area contributed by atoms with Crippen molar-refractivity contribution in [1.82, 2.24) is 0 Å². The minimum absolute atomic E-state index is 0.199. The highest BCUT2D eigenvalue weighted by Gasteiger charge is 2.36. The first-order chi connectivity index (χ1) is 12.4. The Morgan fingerprint density at radius 1 is 0.852 bits per heavy atom. The van der Waals surface area contributed by atoms with Crippen molar-refractivity contribution in [2.75, 3.05) is 5.32 Å². The van der Waals surface area contributed by atoms with E-state index in [0.29, 0.717) is 6.61 Å². The van der Waals surface area contributed by atoms with E-state index in [1.54, 1.807) is 0 Å². The Labute approximate surface area is 167 Å². The van der Waals surface area contributed by atoms with Gasteiger partial charge in [-0.25, -0.2) is 0 Å². The third-order valence-corrected chi connectivity index (χ3v) is 10.1. The van der Waals surface area contributed by atoms with Crippen LogP contribution in [0.4, 0.5) is 5.69 Å². The molecule has 148 valence electrons. The Morgan fingerprint density at radius 3 is 2.04 bits per heavy atom. The Kier molecular flexibility index (Phi) is 6.59. The van der Waals surface area contributed by atoms with E-state index in [1.807, 2.05) is 0 Å². The lowest BCUT2D eigenvalue weighted by Crippen LogP contribution is -2.40. The average Bonchev–Trinajstić information content (AvgIpc) is 2.57. The number of hydrogen-bond donors (Lipinski definition) is 1. The first-order valence-electron chi connectivity index (χ1n) is 9.95. The summed E-state index contributed by atoms with van der Waals surface area (Å²) in [5.74, 6) is 0. The third-order valence-electron chi connectivity index (χ3n) is 5.65. The molecule has 3 heteroatoms. The Hall–Kier alpha value is -1.58. The molecule has 0 spiro atoms. The first-order valence-corrected chi connectivity index (χ1v) is 12.9. The van der Waals surface area contributed by atoms with Gasteiger partial charge in [0.25, 0.3) is 0 Å². The molecule has 0 bridgehead atoms. The van der Waals surface area contributed by atoms with E-state index >= 15 is 0 Å². The lowest BCUT2D eigenvalue weighted by Gasteiger charge is -2.36. The highest BCUT2D eigenvalue weighted by Crippen LogP contribution is 2.37. The topological polar surface area (TPSA) is 21.3 Å². The van der Waals surface area contributed by atoms with Crippen LogP contribution in [-0.4, -0.2) is 8.32 Å². The van der Waals surface area contributed by atoms with Crippen molar-refractivity contribution in [2.45, 2.75) is 78.2 Å². The van der Waals surface area contributed by atoms with Crippen LogP contribution in [0.2, 0.25) is 18.1 Å². The van der Waals surface area contributed by atoms with E-state index in [1.165, 1.54) is 16.7 Å². The van der Waals surface area contributed by atoms with Gasteiger partial charge in [0.05, 0.1) is 6.61 Å². The zero-order valence-electron chi connectivity index (χ0n) is 18.4. The molecule has 0 radical (unpaired) electrons. The number of nitrogens with one attached hydrogen (secondary N) is 1. The molecule has 0 aliphatic rings. The fourth-order valence-corrected chi connectivity index (χ4v) is 3.54. The van der Waals surface area contributed by atoms with Gasteiger partial charge >= 0.3 is 0 Å². The zero-order chi connectivity index (χ0) is 20.3. The molecule has 1 N–H and O–H groups in total. The maximum atomic E-state index is 6.35. The third kappa shape index (κ3) is 6.22. The zero-order valence-corrected chi connectivity index (χ0v) is 19.4. The highest BCUT2D eigenvalue weighted by molar-refractivity contribution is 6.74. The maximum absolute atomic E-state index is 6.35. The Bertz CT molecular complexity index is 736. The summed E-state index contributed by atoms with van der Waals surface area (Å²) in [6.45, 7) is 19.7. The second-order valence-corrected chi connectivity index (χ2v) is 14.9. The largest absolute Gasteiger partial charge is 0.413 e. The molecule has 0 aliphatic heterocycles. The fraction of sp³-hybridized carbons (Fsp3) is 0.500. The van der Waals surface area contributed by atoms with E-state index in [-0.39, 0.29) is 10.5 Å². The molecular weight excluding hydrogens is 346 g/mol. The van der Waals surface area contributed by atoms with Crippen LogP contribution in [0.25, 0.3) is 0 Å². The summed E-state index contributed by atoms with van der Waals surface area (Å²) in [7, 11) is -1.72. The summed E-state index contributed by atoms with van der Waals surface area (Å²) in [6.07, 6.45) is 0. The van der Waals surface area contributed by atoms with Crippen molar-refractivity contribution in [3.63, 3.8) is 0 Å². The molecule has 0 saturated carbocycles. The van der Waals surface area contributed by atoms with Crippen molar-refractivity contribution in [3.05, 3.63) is 65.2 Å². The normalized spacial score (nSPS) is 12.9. The Balaban J connectivity index is 1.96. The SMILES string of the molecule is CC(C)(C)c1ccc(CNc2cccc(CO[Si](C)(C)C(C)(C)C)c2)cc1. The van der Waals surface area contributed by atoms with Crippen molar-refractivity contribution in [3.8, 4) is 0 Å². The van der Waals surface area contributed by atoms with E-state index in [9.17, 15) is 0 Å². The molecule has 2 aromatic carbocycles. The van der Waals surface area contributed by atoms with Gasteiger partial charge in [-0.05, 0) is 52.4 Å². The molecular formula is C24H37NOSi. The van der Waals surface area contributed by atoms with Gasteiger partial charge in [0.1, 0.15) is 0 Å². The lowest BCUT2D eigenvalue weighted by atomic mass is 9.87. The van der Waals surface area contributed by atoms with Gasteiger partial charge in [-0.3, -0.25) is 0 Å². The highest BCUT2D eigenvalue weighted by atomic mass is 28.4. The van der Waals surface area contributed by atoms with Crippen LogP contribution >= 0.6 is 0 Å². The standard InChI is InChI=1S/C24H37NOSi/c1-23(2,3)21-14-12-19(13-15-21)17-25-22-11-9-10-20(16-22)18-26-27(7,8)24(4,5)6/h9-16,25H,17-18H2,1-8H3. The molecule has 2 rings (SSSR count). The monoisotopic (exact) mass is 383 g/mol. The Morgan fingerprint density at radius 2 is 1.48 bits per heavy atom. The van der Waals surface area contributed by atoms with Crippen molar-refractivity contribution < 1.29 is 4.43 Å². The van der Waals surface area contributed by atoms with Crippen LogP contribution in [0.15, 0.2) is 48.5 Å².